The normalized spacial score (nSPS) is 10.5. The molecular weight excluding hydrogens is 288 g/mol. The highest BCUT2D eigenvalue weighted by Crippen LogP contribution is 2.22. The van der Waals surface area contributed by atoms with E-state index >= 15 is 0 Å². The van der Waals surface area contributed by atoms with E-state index in [0.29, 0.717) is 11.3 Å². The van der Waals surface area contributed by atoms with Gasteiger partial charge in [-0.3, -0.25) is 9.48 Å². The number of nitrogen functional groups attached to an aromatic ring is 1. The number of anilines is 2. The molecular formula is C18H18N4O. The van der Waals surface area contributed by atoms with Crippen molar-refractivity contribution < 1.29 is 4.79 Å². The fourth-order valence-corrected chi connectivity index (χ4v) is 2.38. The van der Waals surface area contributed by atoms with Crippen LogP contribution in [0.4, 0.5) is 11.4 Å². The summed E-state index contributed by atoms with van der Waals surface area (Å²) in [5.74, 6) is -0.163. The Bertz CT molecular complexity index is 867. The summed E-state index contributed by atoms with van der Waals surface area (Å²) < 4.78 is 1.73. The highest BCUT2D eigenvalue weighted by molar-refractivity contribution is 6.05. The number of aromatic nitrogens is 2. The number of nitrogens with one attached hydrogen (secondary N) is 1. The molecule has 0 aliphatic heterocycles. The second-order valence-corrected chi connectivity index (χ2v) is 5.51. The molecule has 0 unspecified atom stereocenters. The Morgan fingerprint density at radius 1 is 1.17 bits per heavy atom. The van der Waals surface area contributed by atoms with Crippen LogP contribution < -0.4 is 11.1 Å². The van der Waals surface area contributed by atoms with Gasteiger partial charge in [-0.25, -0.2) is 0 Å². The summed E-state index contributed by atoms with van der Waals surface area (Å²) in [6, 6.07) is 12.9. The molecule has 0 atom stereocenters. The number of nitrogens with zero attached hydrogens (tertiary/aromatic N) is 2. The smallest absolute Gasteiger partial charge is 0.255 e. The Morgan fingerprint density at radius 2 is 2.00 bits per heavy atom. The molecule has 0 radical (unpaired) electrons. The van der Waals surface area contributed by atoms with Crippen LogP contribution in [0.5, 0.6) is 0 Å². The molecule has 0 fully saturated rings. The van der Waals surface area contributed by atoms with E-state index in [-0.39, 0.29) is 5.91 Å². The Labute approximate surface area is 134 Å². The van der Waals surface area contributed by atoms with Gasteiger partial charge in [-0.15, -0.1) is 0 Å². The molecule has 5 heteroatoms. The third kappa shape index (κ3) is 3.23. The number of amides is 1. The third-order valence-electron chi connectivity index (χ3n) is 3.67. The molecule has 1 amide bonds. The SMILES string of the molecule is Cc1ccc(N)cc1NC(=O)c1cccc(-c2cnn(C)c2)c1. The lowest BCUT2D eigenvalue weighted by Crippen LogP contribution is -2.13. The van der Waals surface area contributed by atoms with E-state index in [1.54, 1.807) is 23.0 Å². The summed E-state index contributed by atoms with van der Waals surface area (Å²) in [6.45, 7) is 1.93. The summed E-state index contributed by atoms with van der Waals surface area (Å²) in [5, 5.41) is 7.07. The molecule has 116 valence electrons. The number of nitrogens with two attached hydrogens (primary N) is 1. The molecule has 0 aliphatic rings. The zero-order valence-corrected chi connectivity index (χ0v) is 13.1. The predicted molar refractivity (Wildman–Crippen MR) is 92.2 cm³/mol. The first-order chi connectivity index (χ1) is 11.0. The van der Waals surface area contributed by atoms with Crippen LogP contribution in [0.1, 0.15) is 15.9 Å². The molecule has 3 N–H and O–H groups in total. The molecule has 2 aromatic carbocycles. The second kappa shape index (κ2) is 5.96. The fraction of sp³-hybridized carbons (Fsp3) is 0.111. The maximum absolute atomic E-state index is 12.5. The number of benzene rings is 2. The minimum Gasteiger partial charge on any atom is -0.399 e. The van der Waals surface area contributed by atoms with E-state index in [0.717, 1.165) is 22.4 Å². The summed E-state index contributed by atoms with van der Waals surface area (Å²) in [5.41, 5.74) is 10.6. The van der Waals surface area contributed by atoms with Crippen LogP contribution in [0.25, 0.3) is 11.1 Å². The van der Waals surface area contributed by atoms with E-state index < -0.39 is 0 Å². The van der Waals surface area contributed by atoms with Crippen molar-refractivity contribution in [1.29, 1.82) is 0 Å². The molecule has 23 heavy (non-hydrogen) atoms. The van der Waals surface area contributed by atoms with Gasteiger partial charge in [-0.1, -0.05) is 18.2 Å². The predicted octanol–water partition coefficient (Wildman–Crippen LogP) is 3.23. The lowest BCUT2D eigenvalue weighted by atomic mass is 10.1. The van der Waals surface area contributed by atoms with Gasteiger partial charge in [-0.05, 0) is 42.3 Å². The Kier molecular flexibility index (Phi) is 3.85. The van der Waals surface area contributed by atoms with Crippen molar-refractivity contribution in [2.45, 2.75) is 6.92 Å². The van der Waals surface area contributed by atoms with E-state index in [1.807, 2.05) is 50.5 Å². The maximum Gasteiger partial charge on any atom is 0.255 e. The van der Waals surface area contributed by atoms with E-state index in [9.17, 15) is 4.79 Å². The highest BCUT2D eigenvalue weighted by atomic mass is 16.1. The minimum atomic E-state index is -0.163. The molecule has 0 saturated heterocycles. The van der Waals surface area contributed by atoms with Crippen molar-refractivity contribution in [3.05, 3.63) is 66.0 Å². The number of aryl methyl sites for hydroxylation is 2. The Morgan fingerprint density at radius 3 is 2.74 bits per heavy atom. The van der Waals surface area contributed by atoms with Gasteiger partial charge in [0, 0.05) is 35.7 Å². The van der Waals surface area contributed by atoms with Crippen LogP contribution in [-0.4, -0.2) is 15.7 Å². The topological polar surface area (TPSA) is 72.9 Å². The summed E-state index contributed by atoms with van der Waals surface area (Å²) in [6.07, 6.45) is 3.69. The standard InChI is InChI=1S/C18H18N4O/c1-12-6-7-16(19)9-17(12)21-18(23)14-5-3-4-13(8-14)15-10-20-22(2)11-15/h3-11H,19H2,1-2H3,(H,21,23). The van der Waals surface area contributed by atoms with Crippen molar-refractivity contribution in [3.8, 4) is 11.1 Å². The summed E-state index contributed by atoms with van der Waals surface area (Å²) >= 11 is 0. The number of rotatable bonds is 3. The van der Waals surface area contributed by atoms with Crippen LogP contribution in [-0.2, 0) is 7.05 Å². The lowest BCUT2D eigenvalue weighted by molar-refractivity contribution is 0.102. The van der Waals surface area contributed by atoms with Gasteiger partial charge in [0.1, 0.15) is 0 Å². The zero-order valence-electron chi connectivity index (χ0n) is 13.1. The second-order valence-electron chi connectivity index (χ2n) is 5.51. The lowest BCUT2D eigenvalue weighted by Gasteiger charge is -2.10. The van der Waals surface area contributed by atoms with Crippen LogP contribution in [0.15, 0.2) is 54.9 Å². The first kappa shape index (κ1) is 14.8. The van der Waals surface area contributed by atoms with Gasteiger partial charge < -0.3 is 11.1 Å². The van der Waals surface area contributed by atoms with Gasteiger partial charge in [0.05, 0.1) is 6.20 Å². The van der Waals surface area contributed by atoms with E-state index in [1.165, 1.54) is 0 Å². The van der Waals surface area contributed by atoms with Crippen LogP contribution in [0, 0.1) is 6.92 Å². The molecule has 5 nitrogen and oxygen atoms in total. The van der Waals surface area contributed by atoms with E-state index in [2.05, 4.69) is 10.4 Å². The molecule has 3 aromatic rings. The van der Waals surface area contributed by atoms with Crippen molar-refractivity contribution in [3.63, 3.8) is 0 Å². The number of hydrogen-bond acceptors (Lipinski definition) is 3. The van der Waals surface area contributed by atoms with Gasteiger partial charge in [0.15, 0.2) is 0 Å². The first-order valence-corrected chi connectivity index (χ1v) is 7.29. The Balaban J connectivity index is 1.87. The van der Waals surface area contributed by atoms with Crippen molar-refractivity contribution >= 4 is 17.3 Å². The maximum atomic E-state index is 12.5. The Hall–Kier alpha value is -3.08. The molecule has 0 aliphatic carbocycles. The average molecular weight is 306 g/mol. The van der Waals surface area contributed by atoms with Crippen LogP contribution >= 0.6 is 0 Å². The fourth-order valence-electron chi connectivity index (χ4n) is 2.38. The van der Waals surface area contributed by atoms with Crippen molar-refractivity contribution in [2.24, 2.45) is 7.05 Å². The van der Waals surface area contributed by atoms with Crippen molar-refractivity contribution in [2.75, 3.05) is 11.1 Å². The summed E-state index contributed by atoms with van der Waals surface area (Å²) in [7, 11) is 1.86. The molecule has 1 aromatic heterocycles. The minimum absolute atomic E-state index is 0.163. The average Bonchev–Trinajstić information content (AvgIpc) is 2.97. The molecule has 0 saturated carbocycles. The van der Waals surface area contributed by atoms with Crippen LogP contribution in [0.3, 0.4) is 0 Å². The highest BCUT2D eigenvalue weighted by Gasteiger charge is 2.10. The van der Waals surface area contributed by atoms with E-state index in [4.69, 9.17) is 5.73 Å². The zero-order chi connectivity index (χ0) is 16.4. The first-order valence-electron chi connectivity index (χ1n) is 7.29. The van der Waals surface area contributed by atoms with Gasteiger partial charge in [0.2, 0.25) is 0 Å². The summed E-state index contributed by atoms with van der Waals surface area (Å²) in [4.78, 5) is 12.5. The molecule has 3 rings (SSSR count). The quantitative estimate of drug-likeness (QED) is 0.730. The number of hydrogen-bond donors (Lipinski definition) is 2. The van der Waals surface area contributed by atoms with Gasteiger partial charge in [-0.2, -0.15) is 5.10 Å². The largest absolute Gasteiger partial charge is 0.399 e. The molecule has 0 spiro atoms. The monoisotopic (exact) mass is 306 g/mol. The number of carbonyl (C=O) groups is 1. The van der Waals surface area contributed by atoms with Gasteiger partial charge >= 0.3 is 0 Å². The van der Waals surface area contributed by atoms with Crippen LogP contribution in [0.2, 0.25) is 0 Å². The van der Waals surface area contributed by atoms with Gasteiger partial charge in [0.25, 0.3) is 5.91 Å². The third-order valence-corrected chi connectivity index (χ3v) is 3.67. The molecule has 1 heterocycles. The molecule has 0 bridgehead atoms. The number of carbonyl (C=O) groups excluding carboxylic acids is 1. The van der Waals surface area contributed by atoms with Crippen molar-refractivity contribution in [1.82, 2.24) is 9.78 Å².